The van der Waals surface area contributed by atoms with Crippen molar-refractivity contribution in [1.29, 1.82) is 0 Å². The molecule has 4 rings (SSSR count). The van der Waals surface area contributed by atoms with Gasteiger partial charge in [-0.2, -0.15) is 9.97 Å². The van der Waals surface area contributed by atoms with Crippen LogP contribution in [-0.2, 0) is 4.74 Å². The Balaban J connectivity index is 1.68. The third-order valence-electron chi connectivity index (χ3n) is 4.46. The largest absolute Gasteiger partial charge is 0.394 e. The van der Waals surface area contributed by atoms with Crippen LogP contribution in [0.3, 0.4) is 0 Å². The normalized spacial score (nSPS) is 24.5. The summed E-state index contributed by atoms with van der Waals surface area (Å²) in [4.78, 5) is 24.6. The van der Waals surface area contributed by atoms with Gasteiger partial charge in [0.2, 0.25) is 5.95 Å². The van der Waals surface area contributed by atoms with Crippen LogP contribution in [0.25, 0.3) is 11.2 Å². The minimum Gasteiger partial charge on any atom is -0.394 e. The number of aliphatic hydroxyl groups is 2. The van der Waals surface area contributed by atoms with Gasteiger partial charge in [0.25, 0.3) is 5.91 Å². The van der Waals surface area contributed by atoms with Gasteiger partial charge in [-0.25, -0.2) is 9.37 Å². The molecule has 146 valence electrons. The first-order valence-electron chi connectivity index (χ1n) is 8.44. The Bertz CT molecular complexity index is 1010. The second-order valence-corrected chi connectivity index (χ2v) is 6.26. The molecule has 1 fully saturated rings. The third-order valence-corrected chi connectivity index (χ3v) is 4.46. The summed E-state index contributed by atoms with van der Waals surface area (Å²) in [5.41, 5.74) is 6.60. The lowest BCUT2D eigenvalue weighted by molar-refractivity contribution is -0.0459. The number of aromatic nitrogens is 4. The number of hydrogen-bond acceptors (Lipinski definition) is 8. The molecule has 5 N–H and O–H groups in total. The minimum absolute atomic E-state index is 0.0141. The van der Waals surface area contributed by atoms with Gasteiger partial charge < -0.3 is 20.7 Å². The second-order valence-electron chi connectivity index (χ2n) is 6.26. The molecule has 0 unspecified atom stereocenters. The molecule has 10 nitrogen and oxygen atoms in total. The van der Waals surface area contributed by atoms with E-state index in [0.29, 0.717) is 5.56 Å². The molecule has 0 radical (unpaired) electrons. The van der Waals surface area contributed by atoms with Crippen molar-refractivity contribution in [2.45, 2.75) is 24.6 Å². The van der Waals surface area contributed by atoms with E-state index in [2.05, 4.69) is 20.3 Å². The van der Waals surface area contributed by atoms with Gasteiger partial charge in [-0.05, 0) is 12.1 Å². The average Bonchev–Trinajstić information content (AvgIpc) is 3.24. The molecule has 3 aromatic rings. The van der Waals surface area contributed by atoms with E-state index in [0.717, 1.165) is 0 Å². The number of nitrogens with zero attached hydrogens (tertiary/aromatic N) is 4. The van der Waals surface area contributed by atoms with Crippen molar-refractivity contribution < 1.29 is 24.1 Å². The number of benzene rings is 1. The Morgan fingerprint density at radius 2 is 2.07 bits per heavy atom. The maximum Gasteiger partial charge on any atom is 0.258 e. The molecule has 1 amide bonds. The highest BCUT2D eigenvalue weighted by molar-refractivity contribution is 6.03. The van der Waals surface area contributed by atoms with Gasteiger partial charge in [0.1, 0.15) is 17.7 Å². The Hall–Kier alpha value is -3.15. The van der Waals surface area contributed by atoms with Crippen molar-refractivity contribution >= 4 is 28.8 Å². The van der Waals surface area contributed by atoms with Crippen molar-refractivity contribution in [1.82, 2.24) is 19.5 Å². The molecular weight excluding hydrogens is 371 g/mol. The zero-order valence-corrected chi connectivity index (χ0v) is 14.4. The first kappa shape index (κ1) is 18.2. The van der Waals surface area contributed by atoms with Crippen LogP contribution in [0.15, 0.2) is 36.7 Å². The minimum atomic E-state index is -1.81. The number of ether oxygens (including phenoxy) is 1. The first-order chi connectivity index (χ1) is 13.5. The van der Waals surface area contributed by atoms with E-state index in [9.17, 15) is 19.4 Å². The zero-order valence-electron chi connectivity index (χ0n) is 14.4. The monoisotopic (exact) mass is 388 g/mol. The number of nitrogens with one attached hydrogen (secondary N) is 1. The summed E-state index contributed by atoms with van der Waals surface area (Å²) in [5, 5.41) is 21.6. The Labute approximate surface area is 157 Å². The van der Waals surface area contributed by atoms with Gasteiger partial charge in [0.05, 0.1) is 12.9 Å². The number of aliphatic hydroxyl groups excluding tert-OH is 2. The zero-order chi connectivity index (χ0) is 19.8. The summed E-state index contributed by atoms with van der Waals surface area (Å²) in [7, 11) is 0. The Kier molecular flexibility index (Phi) is 4.63. The topological polar surface area (TPSA) is 148 Å². The van der Waals surface area contributed by atoms with Gasteiger partial charge in [0, 0.05) is 5.56 Å². The standard InChI is InChI=1S/C17H17FN6O4/c18-10-12(26)9(6-25)28-16(10)24-7-20-11-13(19)21-17(22-14(11)24)23-15(27)8-4-2-1-3-5-8/h1-5,7,9-10,12,16,25-26H,6H2,(H3,19,21,22,23,27)/t9-,10-,12-,16-/m1/s1. The molecule has 1 saturated heterocycles. The number of hydrogen-bond donors (Lipinski definition) is 4. The summed E-state index contributed by atoms with van der Waals surface area (Å²) in [5.74, 6) is -0.547. The number of amides is 1. The van der Waals surface area contributed by atoms with Crippen molar-refractivity contribution in [3.8, 4) is 0 Å². The number of carbonyl (C=O) groups is 1. The van der Waals surface area contributed by atoms with Crippen molar-refractivity contribution in [2.75, 3.05) is 17.7 Å². The Morgan fingerprint density at radius 1 is 1.32 bits per heavy atom. The SMILES string of the molecule is Nc1nc(NC(=O)c2ccccc2)nc2c1ncn2[C@@H]1O[C@H](CO)[C@@H](O)[C@H]1F. The van der Waals surface area contributed by atoms with E-state index in [4.69, 9.17) is 10.5 Å². The highest BCUT2D eigenvalue weighted by Crippen LogP contribution is 2.34. The molecule has 1 aromatic carbocycles. The lowest BCUT2D eigenvalue weighted by Gasteiger charge is -2.15. The van der Waals surface area contributed by atoms with Gasteiger partial charge >= 0.3 is 0 Å². The van der Waals surface area contributed by atoms with E-state index >= 15 is 0 Å². The number of rotatable bonds is 4. The molecule has 2 aromatic heterocycles. The number of carbonyl (C=O) groups excluding carboxylic acids is 1. The summed E-state index contributed by atoms with van der Waals surface area (Å²) >= 11 is 0. The van der Waals surface area contributed by atoms with E-state index < -0.39 is 37.1 Å². The van der Waals surface area contributed by atoms with Gasteiger partial charge in [-0.1, -0.05) is 18.2 Å². The fourth-order valence-corrected chi connectivity index (χ4v) is 3.02. The smallest absolute Gasteiger partial charge is 0.258 e. The molecule has 3 heterocycles. The molecule has 1 aliphatic heterocycles. The lowest BCUT2D eigenvalue weighted by Crippen LogP contribution is -2.30. The lowest BCUT2D eigenvalue weighted by atomic mass is 10.1. The average molecular weight is 388 g/mol. The molecule has 1 aliphatic rings. The highest BCUT2D eigenvalue weighted by Gasteiger charge is 2.45. The quantitative estimate of drug-likeness (QED) is 0.497. The van der Waals surface area contributed by atoms with Crippen LogP contribution in [-0.4, -0.2) is 60.6 Å². The molecule has 4 atom stereocenters. The van der Waals surface area contributed by atoms with Crippen LogP contribution in [0.4, 0.5) is 16.2 Å². The molecule has 0 saturated carbocycles. The van der Waals surface area contributed by atoms with Crippen LogP contribution in [0, 0.1) is 0 Å². The van der Waals surface area contributed by atoms with Gasteiger partial charge in [-0.15, -0.1) is 0 Å². The molecule has 0 spiro atoms. The maximum atomic E-state index is 14.5. The molecule has 28 heavy (non-hydrogen) atoms. The predicted molar refractivity (Wildman–Crippen MR) is 96.0 cm³/mol. The van der Waals surface area contributed by atoms with Crippen LogP contribution in [0.5, 0.6) is 0 Å². The number of fused-ring (bicyclic) bond motifs is 1. The Morgan fingerprint density at radius 3 is 2.75 bits per heavy atom. The fraction of sp³-hybridized carbons (Fsp3) is 0.294. The summed E-state index contributed by atoms with van der Waals surface area (Å²) in [6.07, 6.45) is -4.39. The van der Waals surface area contributed by atoms with Crippen molar-refractivity contribution in [2.24, 2.45) is 0 Å². The van der Waals surface area contributed by atoms with Crippen LogP contribution in [0.2, 0.25) is 0 Å². The van der Waals surface area contributed by atoms with Crippen molar-refractivity contribution in [3.05, 3.63) is 42.2 Å². The number of nitrogen functional groups attached to an aromatic ring is 1. The van der Waals surface area contributed by atoms with E-state index in [1.54, 1.807) is 30.3 Å². The number of nitrogens with two attached hydrogens (primary N) is 1. The maximum absolute atomic E-state index is 14.5. The van der Waals surface area contributed by atoms with Crippen LogP contribution >= 0.6 is 0 Å². The first-order valence-corrected chi connectivity index (χ1v) is 8.44. The number of imidazole rings is 1. The summed E-state index contributed by atoms with van der Waals surface area (Å²) in [6.45, 7) is -0.541. The molecule has 11 heteroatoms. The molecule has 0 bridgehead atoms. The van der Waals surface area contributed by atoms with Gasteiger partial charge in [-0.3, -0.25) is 14.7 Å². The number of anilines is 2. The molecule has 0 aliphatic carbocycles. The van der Waals surface area contributed by atoms with E-state index in [1.165, 1.54) is 10.9 Å². The second kappa shape index (κ2) is 7.11. The summed E-state index contributed by atoms with van der Waals surface area (Å²) < 4.78 is 21.1. The van der Waals surface area contributed by atoms with E-state index in [1.807, 2.05) is 0 Å². The van der Waals surface area contributed by atoms with Crippen LogP contribution in [0.1, 0.15) is 16.6 Å². The number of halogens is 1. The van der Waals surface area contributed by atoms with Crippen LogP contribution < -0.4 is 11.1 Å². The molecular formula is C17H17FN6O4. The summed E-state index contributed by atoms with van der Waals surface area (Å²) in [6, 6.07) is 8.45. The van der Waals surface area contributed by atoms with Crippen molar-refractivity contribution in [3.63, 3.8) is 0 Å². The predicted octanol–water partition coefficient (Wildman–Crippen LogP) is 0.249. The van der Waals surface area contributed by atoms with E-state index in [-0.39, 0.29) is 22.9 Å². The third kappa shape index (κ3) is 3.05. The highest BCUT2D eigenvalue weighted by atomic mass is 19.1. The number of alkyl halides is 1. The van der Waals surface area contributed by atoms with Gasteiger partial charge in [0.15, 0.2) is 23.9 Å². The fourth-order valence-electron chi connectivity index (χ4n) is 3.02.